The van der Waals surface area contributed by atoms with E-state index in [0.717, 1.165) is 33.1 Å². The Morgan fingerprint density at radius 2 is 1.91 bits per heavy atom. The lowest BCUT2D eigenvalue weighted by Crippen LogP contribution is -2.11. The monoisotopic (exact) mass is 290 g/mol. The largest absolute Gasteiger partial charge is 0.329 e. The maximum absolute atomic E-state index is 5.62. The van der Waals surface area contributed by atoms with Crippen LogP contribution in [0.25, 0.3) is 33.1 Å². The van der Waals surface area contributed by atoms with E-state index in [1.54, 1.807) is 17.2 Å². The van der Waals surface area contributed by atoms with Crippen LogP contribution < -0.4 is 5.73 Å². The lowest BCUT2D eigenvalue weighted by Gasteiger charge is -2.06. The van der Waals surface area contributed by atoms with Gasteiger partial charge in [0.05, 0.1) is 23.8 Å². The number of pyridine rings is 1. The van der Waals surface area contributed by atoms with Crippen molar-refractivity contribution >= 4 is 21.8 Å². The standard InChI is InChI=1S/C16H14N6/c17-5-6-22-16-14(9-21-22)15(19-10-20-16)13-8-18-7-11-3-1-2-4-12(11)13/h1-4,7-10H,5-6,17H2. The molecule has 0 fully saturated rings. The van der Waals surface area contributed by atoms with Gasteiger partial charge in [-0.3, -0.25) is 4.98 Å². The predicted molar refractivity (Wildman–Crippen MR) is 85.1 cm³/mol. The summed E-state index contributed by atoms with van der Waals surface area (Å²) in [5, 5.41) is 7.48. The van der Waals surface area contributed by atoms with Crippen LogP contribution in [0.5, 0.6) is 0 Å². The smallest absolute Gasteiger partial charge is 0.161 e. The topological polar surface area (TPSA) is 82.5 Å². The van der Waals surface area contributed by atoms with Crippen LogP contribution in [0, 0.1) is 0 Å². The van der Waals surface area contributed by atoms with Crippen molar-refractivity contribution in [2.24, 2.45) is 5.73 Å². The zero-order valence-corrected chi connectivity index (χ0v) is 11.8. The summed E-state index contributed by atoms with van der Waals surface area (Å²) in [6, 6.07) is 8.14. The van der Waals surface area contributed by atoms with Crippen molar-refractivity contribution in [3.63, 3.8) is 0 Å². The highest BCUT2D eigenvalue weighted by Crippen LogP contribution is 2.30. The Morgan fingerprint density at radius 3 is 2.82 bits per heavy atom. The van der Waals surface area contributed by atoms with Gasteiger partial charge in [0.2, 0.25) is 0 Å². The van der Waals surface area contributed by atoms with Crippen LogP contribution in [0.4, 0.5) is 0 Å². The van der Waals surface area contributed by atoms with E-state index in [0.29, 0.717) is 13.1 Å². The van der Waals surface area contributed by atoms with Crippen LogP contribution in [0.2, 0.25) is 0 Å². The van der Waals surface area contributed by atoms with Gasteiger partial charge in [-0.2, -0.15) is 5.10 Å². The molecule has 0 saturated carbocycles. The Balaban J connectivity index is 2.01. The van der Waals surface area contributed by atoms with Crippen LogP contribution in [0.3, 0.4) is 0 Å². The second-order valence-corrected chi connectivity index (χ2v) is 5.02. The molecule has 0 aliphatic rings. The molecule has 0 atom stereocenters. The number of rotatable bonds is 3. The first-order valence-corrected chi connectivity index (χ1v) is 7.08. The molecule has 4 aromatic rings. The first-order valence-electron chi connectivity index (χ1n) is 7.08. The minimum absolute atomic E-state index is 0.520. The lowest BCUT2D eigenvalue weighted by molar-refractivity contribution is 0.640. The van der Waals surface area contributed by atoms with E-state index in [2.05, 4.69) is 26.1 Å². The quantitative estimate of drug-likeness (QED) is 0.624. The summed E-state index contributed by atoms with van der Waals surface area (Å²) < 4.78 is 1.80. The van der Waals surface area contributed by atoms with Crippen molar-refractivity contribution in [1.82, 2.24) is 24.7 Å². The zero-order chi connectivity index (χ0) is 14.9. The van der Waals surface area contributed by atoms with Gasteiger partial charge in [-0.05, 0) is 5.39 Å². The number of aromatic nitrogens is 5. The molecule has 0 amide bonds. The molecule has 0 radical (unpaired) electrons. The van der Waals surface area contributed by atoms with Gasteiger partial charge in [-0.15, -0.1) is 0 Å². The van der Waals surface area contributed by atoms with Crippen molar-refractivity contribution in [2.75, 3.05) is 6.54 Å². The maximum atomic E-state index is 5.62. The van der Waals surface area contributed by atoms with E-state index in [1.807, 2.05) is 30.6 Å². The molecule has 3 heterocycles. The summed E-state index contributed by atoms with van der Waals surface area (Å²) in [5.41, 5.74) is 8.24. The average molecular weight is 290 g/mol. The number of benzene rings is 1. The molecule has 108 valence electrons. The third kappa shape index (κ3) is 1.93. The molecular formula is C16H14N6. The molecule has 0 unspecified atom stereocenters. The summed E-state index contributed by atoms with van der Waals surface area (Å²) in [6.45, 7) is 1.15. The van der Waals surface area contributed by atoms with Crippen LogP contribution in [0.1, 0.15) is 0 Å². The molecule has 1 aromatic carbocycles. The second kappa shape index (κ2) is 5.16. The first-order chi connectivity index (χ1) is 10.9. The maximum Gasteiger partial charge on any atom is 0.161 e. The fourth-order valence-corrected chi connectivity index (χ4v) is 2.70. The highest BCUT2D eigenvalue weighted by Gasteiger charge is 2.13. The van der Waals surface area contributed by atoms with E-state index < -0.39 is 0 Å². The highest BCUT2D eigenvalue weighted by atomic mass is 15.3. The molecule has 0 spiro atoms. The van der Waals surface area contributed by atoms with E-state index >= 15 is 0 Å². The van der Waals surface area contributed by atoms with E-state index in [4.69, 9.17) is 5.73 Å². The minimum atomic E-state index is 0.520. The second-order valence-electron chi connectivity index (χ2n) is 5.02. The number of fused-ring (bicyclic) bond motifs is 2. The summed E-state index contributed by atoms with van der Waals surface area (Å²) in [6.07, 6.45) is 7.05. The molecular weight excluding hydrogens is 276 g/mol. The zero-order valence-electron chi connectivity index (χ0n) is 11.8. The fourth-order valence-electron chi connectivity index (χ4n) is 2.70. The Bertz CT molecular complexity index is 954. The normalized spacial score (nSPS) is 11.3. The molecule has 6 heteroatoms. The van der Waals surface area contributed by atoms with Crippen molar-refractivity contribution in [2.45, 2.75) is 6.54 Å². The van der Waals surface area contributed by atoms with Gasteiger partial charge in [-0.25, -0.2) is 14.6 Å². The molecule has 4 rings (SSSR count). The summed E-state index contributed by atoms with van der Waals surface area (Å²) in [5.74, 6) is 0. The van der Waals surface area contributed by atoms with Gasteiger partial charge < -0.3 is 5.73 Å². The third-order valence-corrected chi connectivity index (χ3v) is 3.70. The summed E-state index contributed by atoms with van der Waals surface area (Å²) in [7, 11) is 0. The van der Waals surface area contributed by atoms with Crippen LogP contribution >= 0.6 is 0 Å². The molecule has 0 saturated heterocycles. The fraction of sp³-hybridized carbons (Fsp3) is 0.125. The average Bonchev–Trinajstić information content (AvgIpc) is 2.98. The Labute approximate surface area is 126 Å². The van der Waals surface area contributed by atoms with Crippen LogP contribution in [0.15, 0.2) is 49.2 Å². The van der Waals surface area contributed by atoms with E-state index in [-0.39, 0.29) is 0 Å². The SMILES string of the molecule is NCCn1ncc2c(-c3cncc4ccccc34)ncnc21. The Morgan fingerprint density at radius 1 is 1.00 bits per heavy atom. The molecule has 22 heavy (non-hydrogen) atoms. The van der Waals surface area contributed by atoms with Gasteiger partial charge in [0.25, 0.3) is 0 Å². The molecule has 2 N–H and O–H groups in total. The van der Waals surface area contributed by atoms with Gasteiger partial charge in [0, 0.05) is 29.9 Å². The van der Waals surface area contributed by atoms with E-state index in [1.165, 1.54) is 0 Å². The molecule has 0 aliphatic heterocycles. The van der Waals surface area contributed by atoms with Crippen molar-refractivity contribution in [3.05, 3.63) is 49.2 Å². The summed E-state index contributed by atoms with van der Waals surface area (Å²) in [4.78, 5) is 13.1. The Kier molecular flexibility index (Phi) is 3.01. The van der Waals surface area contributed by atoms with Crippen LogP contribution in [-0.4, -0.2) is 31.3 Å². The number of nitrogens with zero attached hydrogens (tertiary/aromatic N) is 5. The van der Waals surface area contributed by atoms with Gasteiger partial charge in [0.15, 0.2) is 5.65 Å². The first kappa shape index (κ1) is 12.8. The van der Waals surface area contributed by atoms with Crippen molar-refractivity contribution in [3.8, 4) is 11.3 Å². The van der Waals surface area contributed by atoms with Crippen LogP contribution in [-0.2, 0) is 6.54 Å². The number of nitrogens with two attached hydrogens (primary N) is 1. The minimum Gasteiger partial charge on any atom is -0.329 e. The van der Waals surface area contributed by atoms with Crippen molar-refractivity contribution in [1.29, 1.82) is 0 Å². The molecule has 3 aromatic heterocycles. The van der Waals surface area contributed by atoms with Crippen molar-refractivity contribution < 1.29 is 0 Å². The van der Waals surface area contributed by atoms with E-state index in [9.17, 15) is 0 Å². The lowest BCUT2D eigenvalue weighted by atomic mass is 10.0. The molecule has 0 aliphatic carbocycles. The molecule has 0 bridgehead atoms. The number of hydrogen-bond donors (Lipinski definition) is 1. The van der Waals surface area contributed by atoms with Gasteiger partial charge in [0.1, 0.15) is 6.33 Å². The third-order valence-electron chi connectivity index (χ3n) is 3.70. The highest BCUT2D eigenvalue weighted by molar-refractivity contribution is 6.01. The van der Waals surface area contributed by atoms with Gasteiger partial charge in [-0.1, -0.05) is 24.3 Å². The number of hydrogen-bond acceptors (Lipinski definition) is 5. The van der Waals surface area contributed by atoms with Gasteiger partial charge >= 0.3 is 0 Å². The predicted octanol–water partition coefficient (Wildman–Crippen LogP) is 2.00. The Hall–Kier alpha value is -2.86. The summed E-state index contributed by atoms with van der Waals surface area (Å²) >= 11 is 0. The molecule has 6 nitrogen and oxygen atoms in total.